The standard InChI is InChI=1S/C29H37NO5/c1-18-9-7-13-22(31)15-16-25(32)35-29-23(14-8-10-18)27(33)20(3)19(2)26(29)24(30-28(29)34)17-21-11-5-4-6-12-21/h4-6,8,11-12,14-16,18-19,22-24,26-27,31,33H,3,7,9-10,13,17H2,1-2H3,(H,30,34)/b14-8+,16-15-/t18-,19-,22-,23+,24-,26+,27-,29-/m1/s1. The highest BCUT2D eigenvalue weighted by atomic mass is 16.6. The number of aliphatic hydroxyl groups is 2. The molecule has 1 spiro atoms. The van der Waals surface area contributed by atoms with Gasteiger partial charge in [0.1, 0.15) is 0 Å². The molecule has 1 saturated carbocycles. The Morgan fingerprint density at radius 1 is 1.11 bits per heavy atom. The molecule has 188 valence electrons. The number of ether oxygens (including phenoxy) is 1. The minimum absolute atomic E-state index is 0.262. The number of hydrogen-bond acceptors (Lipinski definition) is 5. The minimum atomic E-state index is -1.57. The average Bonchev–Trinajstić information content (AvgIpc) is 3.09. The number of carbonyl (C=O) groups excluding carboxylic acids is 2. The smallest absolute Gasteiger partial charge is 0.331 e. The molecule has 3 aliphatic rings. The number of allylic oxidation sites excluding steroid dienone is 1. The van der Waals surface area contributed by atoms with Gasteiger partial charge in [0.05, 0.1) is 18.1 Å². The maximum atomic E-state index is 13.7. The average molecular weight is 480 g/mol. The summed E-state index contributed by atoms with van der Waals surface area (Å²) in [5.41, 5.74) is 0.136. The third-order valence-electron chi connectivity index (χ3n) is 8.04. The Labute approximate surface area is 207 Å². The molecule has 2 aliphatic heterocycles. The maximum Gasteiger partial charge on any atom is 0.331 e. The van der Waals surface area contributed by atoms with E-state index in [1.165, 1.54) is 12.2 Å². The van der Waals surface area contributed by atoms with Crippen molar-refractivity contribution in [2.45, 2.75) is 69.8 Å². The summed E-state index contributed by atoms with van der Waals surface area (Å²) < 4.78 is 6.05. The van der Waals surface area contributed by atoms with Crippen LogP contribution in [0.4, 0.5) is 0 Å². The Bertz CT molecular complexity index is 1000. The second kappa shape index (κ2) is 10.5. The lowest BCUT2D eigenvalue weighted by molar-refractivity contribution is -0.182. The number of hydrogen-bond donors (Lipinski definition) is 3. The molecule has 35 heavy (non-hydrogen) atoms. The molecular formula is C29H37NO5. The van der Waals surface area contributed by atoms with Gasteiger partial charge in [-0.2, -0.15) is 0 Å². The molecule has 1 amide bonds. The zero-order valence-corrected chi connectivity index (χ0v) is 20.6. The maximum absolute atomic E-state index is 13.7. The highest BCUT2D eigenvalue weighted by Gasteiger charge is 2.67. The summed E-state index contributed by atoms with van der Waals surface area (Å²) in [7, 11) is 0. The van der Waals surface area contributed by atoms with Gasteiger partial charge in [0.25, 0.3) is 5.91 Å². The summed E-state index contributed by atoms with van der Waals surface area (Å²) in [6, 6.07) is 9.59. The van der Waals surface area contributed by atoms with E-state index >= 15 is 0 Å². The molecule has 1 aromatic rings. The SMILES string of the molecule is C=C1[C@@H](C)[C@H]2[C@@H](Cc3ccccc3)NC(=O)[C@]23OC(=O)/C=C\[C@H](O)CCC[C@@H](C)C/C=C/[C@H]3[C@@H]1O. The van der Waals surface area contributed by atoms with Crippen LogP contribution < -0.4 is 5.32 Å². The molecule has 6 nitrogen and oxygen atoms in total. The van der Waals surface area contributed by atoms with Crippen LogP contribution in [0.15, 0.2) is 66.8 Å². The van der Waals surface area contributed by atoms with Crippen molar-refractivity contribution >= 4 is 11.9 Å². The number of carbonyl (C=O) groups is 2. The Balaban J connectivity index is 1.78. The van der Waals surface area contributed by atoms with Crippen LogP contribution in [-0.4, -0.2) is 45.9 Å². The summed E-state index contributed by atoms with van der Waals surface area (Å²) in [5.74, 6) is -2.13. The van der Waals surface area contributed by atoms with Gasteiger partial charge in [0, 0.05) is 18.0 Å². The summed E-state index contributed by atoms with van der Waals surface area (Å²) in [6.07, 6.45) is 8.39. The van der Waals surface area contributed by atoms with Gasteiger partial charge in [-0.3, -0.25) is 4.79 Å². The first-order valence-corrected chi connectivity index (χ1v) is 12.7. The lowest BCUT2D eigenvalue weighted by Gasteiger charge is -2.49. The molecule has 2 fully saturated rings. The van der Waals surface area contributed by atoms with Crippen molar-refractivity contribution in [2.24, 2.45) is 23.7 Å². The van der Waals surface area contributed by atoms with Crippen molar-refractivity contribution < 1.29 is 24.5 Å². The van der Waals surface area contributed by atoms with E-state index in [4.69, 9.17) is 4.74 Å². The summed E-state index contributed by atoms with van der Waals surface area (Å²) in [5, 5.41) is 24.7. The number of nitrogens with one attached hydrogen (secondary N) is 1. The van der Waals surface area contributed by atoms with Gasteiger partial charge in [-0.25, -0.2) is 4.79 Å². The molecule has 1 aromatic carbocycles. The molecule has 2 heterocycles. The molecule has 0 unspecified atom stereocenters. The van der Waals surface area contributed by atoms with E-state index in [0.717, 1.165) is 24.8 Å². The van der Waals surface area contributed by atoms with Crippen LogP contribution in [0.2, 0.25) is 0 Å². The number of esters is 1. The van der Waals surface area contributed by atoms with Crippen LogP contribution in [0.5, 0.6) is 0 Å². The van der Waals surface area contributed by atoms with Crippen LogP contribution >= 0.6 is 0 Å². The summed E-state index contributed by atoms with van der Waals surface area (Å²) in [6.45, 7) is 8.27. The van der Waals surface area contributed by atoms with Crippen molar-refractivity contribution in [3.8, 4) is 0 Å². The fourth-order valence-corrected chi connectivity index (χ4v) is 6.09. The molecule has 3 N–H and O–H groups in total. The summed E-state index contributed by atoms with van der Waals surface area (Å²) in [4.78, 5) is 26.8. The Kier molecular flexibility index (Phi) is 7.62. The van der Waals surface area contributed by atoms with Crippen molar-refractivity contribution in [2.75, 3.05) is 0 Å². The van der Waals surface area contributed by atoms with Gasteiger partial charge < -0.3 is 20.3 Å². The first-order chi connectivity index (χ1) is 16.7. The van der Waals surface area contributed by atoms with E-state index in [-0.39, 0.29) is 17.9 Å². The largest absolute Gasteiger partial charge is 0.445 e. The highest BCUT2D eigenvalue weighted by Crippen LogP contribution is 2.52. The fourth-order valence-electron chi connectivity index (χ4n) is 6.09. The molecule has 4 rings (SSSR count). The third-order valence-corrected chi connectivity index (χ3v) is 8.04. The number of benzene rings is 1. The van der Waals surface area contributed by atoms with Crippen LogP contribution in [0.1, 0.15) is 45.1 Å². The fraction of sp³-hybridized carbons (Fsp3) is 0.517. The van der Waals surface area contributed by atoms with Gasteiger partial charge in [-0.1, -0.05) is 75.8 Å². The van der Waals surface area contributed by atoms with Crippen molar-refractivity contribution in [3.05, 3.63) is 72.4 Å². The van der Waals surface area contributed by atoms with E-state index in [1.54, 1.807) is 0 Å². The lowest BCUT2D eigenvalue weighted by atomic mass is 9.59. The molecule has 0 radical (unpaired) electrons. The highest BCUT2D eigenvalue weighted by molar-refractivity contribution is 5.94. The number of amides is 1. The van der Waals surface area contributed by atoms with Crippen molar-refractivity contribution in [1.82, 2.24) is 5.32 Å². The summed E-state index contributed by atoms with van der Waals surface area (Å²) >= 11 is 0. The molecule has 8 atom stereocenters. The van der Waals surface area contributed by atoms with Crippen molar-refractivity contribution in [3.63, 3.8) is 0 Å². The Morgan fingerprint density at radius 3 is 2.60 bits per heavy atom. The Morgan fingerprint density at radius 2 is 1.86 bits per heavy atom. The molecule has 1 aliphatic carbocycles. The van der Waals surface area contributed by atoms with Crippen LogP contribution in [-0.2, 0) is 20.7 Å². The first-order valence-electron chi connectivity index (χ1n) is 12.7. The lowest BCUT2D eigenvalue weighted by Crippen LogP contribution is -2.61. The van der Waals surface area contributed by atoms with E-state index < -0.39 is 35.6 Å². The molecule has 1 saturated heterocycles. The molecular weight excluding hydrogens is 442 g/mol. The van der Waals surface area contributed by atoms with E-state index in [2.05, 4.69) is 18.8 Å². The zero-order chi connectivity index (χ0) is 25.2. The molecule has 0 bridgehead atoms. The van der Waals surface area contributed by atoms with Crippen LogP contribution in [0, 0.1) is 23.7 Å². The Hall–Kier alpha value is -2.70. The number of aliphatic hydroxyl groups excluding tert-OH is 2. The van der Waals surface area contributed by atoms with Gasteiger partial charge in [0.15, 0.2) is 0 Å². The van der Waals surface area contributed by atoms with Crippen molar-refractivity contribution in [1.29, 1.82) is 0 Å². The minimum Gasteiger partial charge on any atom is -0.445 e. The monoisotopic (exact) mass is 479 g/mol. The predicted molar refractivity (Wildman–Crippen MR) is 134 cm³/mol. The van der Waals surface area contributed by atoms with E-state index in [9.17, 15) is 19.8 Å². The third kappa shape index (κ3) is 5.00. The molecule has 0 aromatic heterocycles. The van der Waals surface area contributed by atoms with Crippen LogP contribution in [0.25, 0.3) is 0 Å². The second-order valence-corrected chi connectivity index (χ2v) is 10.5. The topological polar surface area (TPSA) is 95.9 Å². The number of rotatable bonds is 2. The van der Waals surface area contributed by atoms with E-state index in [1.807, 2.05) is 49.4 Å². The predicted octanol–water partition coefficient (Wildman–Crippen LogP) is 3.49. The molecule has 6 heteroatoms. The first kappa shape index (κ1) is 25.4. The zero-order valence-electron chi connectivity index (χ0n) is 20.6. The van der Waals surface area contributed by atoms with Gasteiger partial charge >= 0.3 is 5.97 Å². The van der Waals surface area contributed by atoms with Crippen LogP contribution in [0.3, 0.4) is 0 Å². The quantitative estimate of drug-likeness (QED) is 0.446. The van der Waals surface area contributed by atoms with Gasteiger partial charge in [-0.15, -0.1) is 0 Å². The van der Waals surface area contributed by atoms with E-state index in [0.29, 0.717) is 24.3 Å². The normalized spacial score (nSPS) is 40.0. The second-order valence-electron chi connectivity index (χ2n) is 10.5. The van der Waals surface area contributed by atoms with Gasteiger partial charge in [0.2, 0.25) is 5.60 Å². The van der Waals surface area contributed by atoms with Gasteiger partial charge in [-0.05, 0) is 48.3 Å².